The van der Waals surface area contributed by atoms with E-state index in [-0.39, 0.29) is 0 Å². The molecule has 2 rings (SSSR count). The maximum Gasteiger partial charge on any atom is 0.126 e. The quantitative estimate of drug-likeness (QED) is 0.596. The topological polar surface area (TPSA) is 68.8 Å². The molecule has 19 heavy (non-hydrogen) atoms. The van der Waals surface area contributed by atoms with Crippen LogP contribution in [0.15, 0.2) is 36.9 Å². The summed E-state index contributed by atoms with van der Waals surface area (Å²) in [6, 6.07) is 5.62. The molecule has 0 bridgehead atoms. The van der Waals surface area contributed by atoms with Gasteiger partial charge >= 0.3 is 0 Å². The Hall–Kier alpha value is -1.95. The summed E-state index contributed by atoms with van der Waals surface area (Å²) in [6.07, 6.45) is 7.76. The number of anilines is 1. The number of nitrogens with one attached hydrogen (secondary N) is 1. The van der Waals surface area contributed by atoms with Gasteiger partial charge in [0, 0.05) is 25.5 Å². The van der Waals surface area contributed by atoms with Crippen molar-refractivity contribution in [1.29, 1.82) is 0 Å². The first-order valence-corrected chi connectivity index (χ1v) is 6.63. The molecule has 0 aliphatic carbocycles. The van der Waals surface area contributed by atoms with Gasteiger partial charge in [0.25, 0.3) is 0 Å². The number of thiocarbonyl (C=S) groups is 1. The highest BCUT2D eigenvalue weighted by molar-refractivity contribution is 7.80. The number of aryl methyl sites for hydroxylation is 1. The maximum absolute atomic E-state index is 5.55. The van der Waals surface area contributed by atoms with E-state index in [9.17, 15) is 0 Å². The molecule has 2 aromatic heterocycles. The van der Waals surface area contributed by atoms with Crippen molar-refractivity contribution in [2.45, 2.75) is 19.4 Å². The standard InChI is InChI=1S/C13H17N5S/c14-13(19)11-4-3-5-12(17-11)16-6-1-2-8-18-9-7-15-10-18/h3-5,7,9-10H,1-2,6,8H2,(H2,14,19)(H,16,17). The summed E-state index contributed by atoms with van der Waals surface area (Å²) in [6.45, 7) is 1.87. The summed E-state index contributed by atoms with van der Waals surface area (Å²) in [5.74, 6) is 0.813. The van der Waals surface area contributed by atoms with Crippen LogP contribution in [0.25, 0.3) is 0 Å². The monoisotopic (exact) mass is 275 g/mol. The Morgan fingerprint density at radius 1 is 1.37 bits per heavy atom. The Labute approximate surface area is 117 Å². The second-order valence-electron chi connectivity index (χ2n) is 4.21. The van der Waals surface area contributed by atoms with Crippen molar-refractivity contribution < 1.29 is 0 Å². The summed E-state index contributed by atoms with van der Waals surface area (Å²) < 4.78 is 2.08. The van der Waals surface area contributed by atoms with Crippen molar-refractivity contribution in [2.75, 3.05) is 11.9 Å². The van der Waals surface area contributed by atoms with Gasteiger partial charge in [-0.1, -0.05) is 18.3 Å². The van der Waals surface area contributed by atoms with E-state index in [1.54, 1.807) is 6.20 Å². The maximum atomic E-state index is 5.55. The van der Waals surface area contributed by atoms with Crippen LogP contribution in [-0.2, 0) is 6.54 Å². The van der Waals surface area contributed by atoms with E-state index >= 15 is 0 Å². The zero-order valence-corrected chi connectivity index (χ0v) is 11.4. The zero-order valence-electron chi connectivity index (χ0n) is 10.6. The average molecular weight is 275 g/mol. The first-order valence-electron chi connectivity index (χ1n) is 6.22. The first-order chi connectivity index (χ1) is 9.25. The van der Waals surface area contributed by atoms with Gasteiger partial charge in [0.2, 0.25) is 0 Å². The number of nitrogens with zero attached hydrogens (tertiary/aromatic N) is 3. The molecule has 0 amide bonds. The van der Waals surface area contributed by atoms with E-state index in [0.717, 1.165) is 31.7 Å². The van der Waals surface area contributed by atoms with Crippen molar-refractivity contribution in [3.05, 3.63) is 42.6 Å². The molecular weight excluding hydrogens is 258 g/mol. The van der Waals surface area contributed by atoms with Gasteiger partial charge in [-0.25, -0.2) is 9.97 Å². The molecule has 0 saturated heterocycles. The summed E-state index contributed by atoms with van der Waals surface area (Å²) in [5.41, 5.74) is 6.20. The molecule has 0 spiro atoms. The molecule has 0 aromatic carbocycles. The molecule has 0 fully saturated rings. The lowest BCUT2D eigenvalue weighted by Gasteiger charge is -2.07. The average Bonchev–Trinajstić information content (AvgIpc) is 2.92. The molecule has 5 nitrogen and oxygen atoms in total. The minimum atomic E-state index is 0.323. The van der Waals surface area contributed by atoms with Crippen LogP contribution in [0.2, 0.25) is 0 Å². The molecule has 6 heteroatoms. The van der Waals surface area contributed by atoms with Gasteiger partial charge in [-0.3, -0.25) is 0 Å². The number of pyridine rings is 1. The Kier molecular flexibility index (Phi) is 4.85. The lowest BCUT2D eigenvalue weighted by atomic mass is 10.3. The van der Waals surface area contributed by atoms with E-state index < -0.39 is 0 Å². The number of nitrogens with two attached hydrogens (primary N) is 1. The van der Waals surface area contributed by atoms with E-state index in [2.05, 4.69) is 19.9 Å². The predicted molar refractivity (Wildman–Crippen MR) is 80.1 cm³/mol. The Morgan fingerprint density at radius 3 is 3.00 bits per heavy atom. The molecule has 0 unspecified atom stereocenters. The van der Waals surface area contributed by atoms with Gasteiger partial charge < -0.3 is 15.6 Å². The molecule has 2 aromatic rings. The third kappa shape index (κ3) is 4.33. The van der Waals surface area contributed by atoms with E-state index in [4.69, 9.17) is 18.0 Å². The van der Waals surface area contributed by atoms with Crippen molar-refractivity contribution >= 4 is 23.0 Å². The van der Waals surface area contributed by atoms with Crippen LogP contribution < -0.4 is 11.1 Å². The van der Waals surface area contributed by atoms with Gasteiger partial charge in [0.1, 0.15) is 10.8 Å². The molecule has 0 radical (unpaired) electrons. The minimum absolute atomic E-state index is 0.323. The van der Waals surface area contributed by atoms with Crippen LogP contribution in [0, 0.1) is 0 Å². The largest absolute Gasteiger partial charge is 0.388 e. The van der Waals surface area contributed by atoms with Crippen molar-refractivity contribution in [2.24, 2.45) is 5.73 Å². The highest BCUT2D eigenvalue weighted by Crippen LogP contribution is 2.05. The number of imidazole rings is 1. The van der Waals surface area contributed by atoms with Crippen molar-refractivity contribution in [1.82, 2.24) is 14.5 Å². The van der Waals surface area contributed by atoms with Gasteiger partial charge in [0.05, 0.1) is 12.0 Å². The number of rotatable bonds is 7. The van der Waals surface area contributed by atoms with Gasteiger partial charge in [-0.2, -0.15) is 0 Å². The highest BCUT2D eigenvalue weighted by Gasteiger charge is 1.99. The second-order valence-corrected chi connectivity index (χ2v) is 4.65. The third-order valence-electron chi connectivity index (χ3n) is 2.71. The highest BCUT2D eigenvalue weighted by atomic mass is 32.1. The fourth-order valence-electron chi connectivity index (χ4n) is 1.73. The van der Waals surface area contributed by atoms with Gasteiger partial charge in [-0.05, 0) is 25.0 Å². The van der Waals surface area contributed by atoms with Crippen LogP contribution >= 0.6 is 12.2 Å². The molecule has 2 heterocycles. The predicted octanol–water partition coefficient (Wildman–Crippen LogP) is 1.80. The number of hydrogen-bond acceptors (Lipinski definition) is 4. The Balaban J connectivity index is 1.70. The normalized spacial score (nSPS) is 10.3. The molecule has 0 aliphatic rings. The van der Waals surface area contributed by atoms with Crippen LogP contribution in [0.5, 0.6) is 0 Å². The first kappa shape index (κ1) is 13.5. The lowest BCUT2D eigenvalue weighted by molar-refractivity contribution is 0.620. The number of aromatic nitrogens is 3. The fraction of sp³-hybridized carbons (Fsp3) is 0.308. The Morgan fingerprint density at radius 2 is 2.26 bits per heavy atom. The fourth-order valence-corrected chi connectivity index (χ4v) is 1.84. The molecule has 0 atom stereocenters. The van der Waals surface area contributed by atoms with E-state index in [1.807, 2.05) is 30.7 Å². The van der Waals surface area contributed by atoms with E-state index in [0.29, 0.717) is 10.7 Å². The molecule has 0 saturated carbocycles. The Bertz CT molecular complexity index is 524. The van der Waals surface area contributed by atoms with Crippen LogP contribution in [0.4, 0.5) is 5.82 Å². The third-order valence-corrected chi connectivity index (χ3v) is 2.92. The van der Waals surface area contributed by atoms with Crippen LogP contribution in [0.1, 0.15) is 18.5 Å². The zero-order chi connectivity index (χ0) is 13.5. The second kappa shape index (κ2) is 6.84. The SMILES string of the molecule is NC(=S)c1cccc(NCCCCn2ccnc2)n1. The summed E-state index contributed by atoms with van der Waals surface area (Å²) >= 11 is 4.90. The molecular formula is C13H17N5S. The summed E-state index contributed by atoms with van der Waals surface area (Å²) in [7, 11) is 0. The number of unbranched alkanes of at least 4 members (excludes halogenated alkanes) is 1. The van der Waals surface area contributed by atoms with Crippen molar-refractivity contribution in [3.63, 3.8) is 0 Å². The molecule has 0 aliphatic heterocycles. The smallest absolute Gasteiger partial charge is 0.126 e. The van der Waals surface area contributed by atoms with Crippen LogP contribution in [-0.4, -0.2) is 26.1 Å². The van der Waals surface area contributed by atoms with Gasteiger partial charge in [0.15, 0.2) is 0 Å². The lowest BCUT2D eigenvalue weighted by Crippen LogP contribution is -2.13. The van der Waals surface area contributed by atoms with E-state index in [1.165, 1.54) is 0 Å². The summed E-state index contributed by atoms with van der Waals surface area (Å²) in [4.78, 5) is 8.66. The van der Waals surface area contributed by atoms with Crippen LogP contribution in [0.3, 0.4) is 0 Å². The molecule has 100 valence electrons. The number of hydrogen-bond donors (Lipinski definition) is 2. The molecule has 3 N–H and O–H groups in total. The van der Waals surface area contributed by atoms with Gasteiger partial charge in [-0.15, -0.1) is 0 Å². The van der Waals surface area contributed by atoms with Crippen molar-refractivity contribution in [3.8, 4) is 0 Å². The minimum Gasteiger partial charge on any atom is -0.388 e. The summed E-state index contributed by atoms with van der Waals surface area (Å²) in [5, 5.41) is 3.27.